The van der Waals surface area contributed by atoms with Crippen molar-refractivity contribution >= 4 is 11.4 Å². The Morgan fingerprint density at radius 2 is 1.31 bits per heavy atom. The summed E-state index contributed by atoms with van der Waals surface area (Å²) in [5.74, 6) is 0. The Bertz CT molecular complexity index is 361. The van der Waals surface area contributed by atoms with Gasteiger partial charge in [-0.3, -0.25) is 0 Å². The fourth-order valence-electron chi connectivity index (χ4n) is 2.69. The van der Waals surface area contributed by atoms with Gasteiger partial charge in [0.15, 0.2) is 0 Å². The van der Waals surface area contributed by atoms with Crippen LogP contribution >= 0.6 is 0 Å². The van der Waals surface area contributed by atoms with Crippen LogP contribution in [0.25, 0.3) is 0 Å². The van der Waals surface area contributed by atoms with Gasteiger partial charge in [0.25, 0.3) is 0 Å². The molecule has 1 aromatic rings. The number of fused-ring (bicyclic) bond motifs is 1. The van der Waals surface area contributed by atoms with E-state index in [-0.39, 0.29) is 0 Å². The zero-order chi connectivity index (χ0) is 11.9. The summed E-state index contributed by atoms with van der Waals surface area (Å²) in [7, 11) is 0. The van der Waals surface area contributed by atoms with Crippen LogP contribution in [0.4, 0.5) is 11.4 Å². The lowest BCUT2D eigenvalue weighted by molar-refractivity contribution is 0.644. The predicted octanol–water partition coefficient (Wildman–Crippen LogP) is 3.32. The minimum Gasteiger partial charge on any atom is -0.350 e. The van der Waals surface area contributed by atoms with Crippen molar-refractivity contribution in [3.05, 3.63) is 23.3 Å². The Balaban J connectivity index is 2.54. The lowest BCUT2D eigenvalue weighted by atomic mass is 10.1. The molecule has 1 aromatic carbocycles. The number of nitrogens with zero attached hydrogens (tertiary/aromatic N) is 2. The molecule has 0 radical (unpaired) electrons. The third-order valence-electron chi connectivity index (χ3n) is 3.79. The molecule has 2 rings (SSSR count). The zero-order valence-electron chi connectivity index (χ0n) is 11.0. The first-order valence-corrected chi connectivity index (χ1v) is 6.24. The molecule has 0 fully saturated rings. The summed E-state index contributed by atoms with van der Waals surface area (Å²) in [6.45, 7) is 13.3. The van der Waals surface area contributed by atoms with Gasteiger partial charge in [-0.25, -0.2) is 0 Å². The lowest BCUT2D eigenvalue weighted by Gasteiger charge is -2.28. The Labute approximate surface area is 98.9 Å². The monoisotopic (exact) mass is 218 g/mol. The van der Waals surface area contributed by atoms with Gasteiger partial charge >= 0.3 is 0 Å². The summed E-state index contributed by atoms with van der Waals surface area (Å²) in [5, 5.41) is 0. The minimum absolute atomic E-state index is 0.492. The van der Waals surface area contributed by atoms with Gasteiger partial charge in [0.1, 0.15) is 0 Å². The molecule has 1 aliphatic rings. The summed E-state index contributed by atoms with van der Waals surface area (Å²) in [4.78, 5) is 4.95. The number of hydrogen-bond donors (Lipinski definition) is 0. The molecule has 0 saturated carbocycles. The Kier molecular flexibility index (Phi) is 2.83. The van der Waals surface area contributed by atoms with E-state index in [1.807, 2.05) is 0 Å². The van der Waals surface area contributed by atoms with Crippen molar-refractivity contribution in [2.75, 3.05) is 22.9 Å². The van der Waals surface area contributed by atoms with E-state index in [1.165, 1.54) is 22.5 Å². The molecule has 0 spiro atoms. The molecular weight excluding hydrogens is 196 g/mol. The maximum Gasteiger partial charge on any atom is 0.0987 e. The highest BCUT2D eigenvalue weighted by Crippen LogP contribution is 2.40. The van der Waals surface area contributed by atoms with E-state index in [4.69, 9.17) is 0 Å². The zero-order valence-corrected chi connectivity index (χ0v) is 11.0. The third kappa shape index (κ3) is 1.48. The SMILES string of the molecule is CCN1c2cc(C)c(C)cc2N(CC)C1C. The molecule has 0 bridgehead atoms. The molecule has 1 heterocycles. The number of hydrogen-bond acceptors (Lipinski definition) is 2. The van der Waals surface area contributed by atoms with Gasteiger partial charge in [0.05, 0.1) is 17.5 Å². The second-order valence-corrected chi connectivity index (χ2v) is 4.63. The van der Waals surface area contributed by atoms with Gasteiger partial charge in [-0.05, 0) is 57.9 Å². The van der Waals surface area contributed by atoms with Gasteiger partial charge in [-0.2, -0.15) is 0 Å². The molecule has 0 amide bonds. The summed E-state index contributed by atoms with van der Waals surface area (Å²) in [6.07, 6.45) is 0.492. The first-order chi connectivity index (χ1) is 7.60. The summed E-state index contributed by atoms with van der Waals surface area (Å²) >= 11 is 0. The first kappa shape index (κ1) is 11.3. The van der Waals surface area contributed by atoms with E-state index >= 15 is 0 Å². The van der Waals surface area contributed by atoms with Crippen molar-refractivity contribution in [3.63, 3.8) is 0 Å². The first-order valence-electron chi connectivity index (χ1n) is 6.24. The smallest absolute Gasteiger partial charge is 0.0987 e. The quantitative estimate of drug-likeness (QED) is 0.751. The Hall–Kier alpha value is -1.18. The van der Waals surface area contributed by atoms with Crippen molar-refractivity contribution in [1.29, 1.82) is 0 Å². The van der Waals surface area contributed by atoms with Crippen LogP contribution in [0.3, 0.4) is 0 Å². The fraction of sp³-hybridized carbons (Fsp3) is 0.571. The van der Waals surface area contributed by atoms with Crippen molar-refractivity contribution in [2.24, 2.45) is 0 Å². The Morgan fingerprint density at radius 3 is 1.62 bits per heavy atom. The van der Waals surface area contributed by atoms with Crippen LogP contribution in [0, 0.1) is 13.8 Å². The van der Waals surface area contributed by atoms with Crippen LogP contribution in [-0.2, 0) is 0 Å². The molecule has 2 nitrogen and oxygen atoms in total. The van der Waals surface area contributed by atoms with Crippen LogP contribution < -0.4 is 9.80 Å². The maximum absolute atomic E-state index is 2.48. The van der Waals surface area contributed by atoms with Crippen LogP contribution in [0.5, 0.6) is 0 Å². The molecule has 0 aliphatic carbocycles. The molecular formula is C14H22N2. The molecule has 0 aromatic heterocycles. The third-order valence-corrected chi connectivity index (χ3v) is 3.79. The van der Waals surface area contributed by atoms with E-state index in [1.54, 1.807) is 0 Å². The lowest BCUT2D eigenvalue weighted by Crippen LogP contribution is -2.40. The van der Waals surface area contributed by atoms with Crippen LogP contribution in [-0.4, -0.2) is 19.3 Å². The topological polar surface area (TPSA) is 6.48 Å². The standard InChI is InChI=1S/C14H22N2/c1-6-15-12(5)16(7-2)14-9-11(4)10(3)8-13(14)15/h8-9,12H,6-7H2,1-5H3. The van der Waals surface area contributed by atoms with Gasteiger partial charge in [0, 0.05) is 13.1 Å². The second-order valence-electron chi connectivity index (χ2n) is 4.63. The van der Waals surface area contributed by atoms with E-state index in [0.29, 0.717) is 6.17 Å². The molecule has 1 aliphatic heterocycles. The highest BCUT2D eigenvalue weighted by molar-refractivity contribution is 5.79. The van der Waals surface area contributed by atoms with Crippen molar-refractivity contribution < 1.29 is 0 Å². The van der Waals surface area contributed by atoms with Gasteiger partial charge < -0.3 is 9.80 Å². The minimum atomic E-state index is 0.492. The molecule has 2 heteroatoms. The highest BCUT2D eigenvalue weighted by Gasteiger charge is 2.30. The van der Waals surface area contributed by atoms with Gasteiger partial charge in [0.2, 0.25) is 0 Å². The molecule has 0 saturated heterocycles. The second kappa shape index (κ2) is 4.00. The van der Waals surface area contributed by atoms with Gasteiger partial charge in [-0.15, -0.1) is 0 Å². The number of aryl methyl sites for hydroxylation is 2. The van der Waals surface area contributed by atoms with Gasteiger partial charge in [-0.1, -0.05) is 0 Å². The van der Waals surface area contributed by atoms with Crippen molar-refractivity contribution in [3.8, 4) is 0 Å². The predicted molar refractivity (Wildman–Crippen MR) is 71.4 cm³/mol. The molecule has 0 unspecified atom stereocenters. The van der Waals surface area contributed by atoms with E-state index in [2.05, 4.69) is 56.6 Å². The Morgan fingerprint density at radius 1 is 0.938 bits per heavy atom. The summed E-state index contributed by atoms with van der Waals surface area (Å²) in [5.41, 5.74) is 5.59. The number of benzene rings is 1. The largest absolute Gasteiger partial charge is 0.350 e. The summed E-state index contributed by atoms with van der Waals surface area (Å²) < 4.78 is 0. The number of rotatable bonds is 2. The molecule has 16 heavy (non-hydrogen) atoms. The highest BCUT2D eigenvalue weighted by atomic mass is 15.4. The summed E-state index contributed by atoms with van der Waals surface area (Å²) in [6, 6.07) is 4.67. The molecule has 0 atom stereocenters. The van der Waals surface area contributed by atoms with E-state index < -0.39 is 0 Å². The van der Waals surface area contributed by atoms with Crippen molar-refractivity contribution in [1.82, 2.24) is 0 Å². The average Bonchev–Trinajstić information content (AvgIpc) is 2.50. The fourth-order valence-corrected chi connectivity index (χ4v) is 2.69. The maximum atomic E-state index is 2.48. The number of anilines is 2. The van der Waals surface area contributed by atoms with Crippen molar-refractivity contribution in [2.45, 2.75) is 40.8 Å². The van der Waals surface area contributed by atoms with Crippen LogP contribution in [0.2, 0.25) is 0 Å². The molecule has 88 valence electrons. The van der Waals surface area contributed by atoms with Crippen LogP contribution in [0.1, 0.15) is 31.9 Å². The van der Waals surface area contributed by atoms with E-state index in [9.17, 15) is 0 Å². The normalized spacial score (nSPS) is 15.8. The molecule has 0 N–H and O–H groups in total. The van der Waals surface area contributed by atoms with Crippen LogP contribution in [0.15, 0.2) is 12.1 Å². The average molecular weight is 218 g/mol. The van der Waals surface area contributed by atoms with E-state index in [0.717, 1.165) is 13.1 Å².